The molecule has 2 aliphatic heterocycles. The molecular weight excluding hydrogens is 522 g/mol. The molecule has 2 unspecified atom stereocenters. The quantitative estimate of drug-likeness (QED) is 0.324. The summed E-state index contributed by atoms with van der Waals surface area (Å²) in [7, 11) is 1.73. The summed E-state index contributed by atoms with van der Waals surface area (Å²) in [4.78, 5) is 59.0. The molecule has 0 spiro atoms. The Morgan fingerprint density at radius 3 is 2.17 bits per heavy atom. The lowest BCUT2D eigenvalue weighted by atomic mass is 9.84. The number of likely N-dealkylation sites (tertiary alicyclic amines) is 2. The lowest BCUT2D eigenvalue weighted by molar-refractivity contribution is -0.142. The SMILES string of the molecule is C/C(=C\[C@H](C(C)C)N(C)C(=O)C(NC(=O)[C@H]1CCCCN1C(C)C)C(C)(C)C)C(=O)N1CCCC1C(=O)NCCO. The van der Waals surface area contributed by atoms with E-state index in [-0.39, 0.29) is 60.8 Å². The van der Waals surface area contributed by atoms with Gasteiger partial charge in [0, 0.05) is 31.8 Å². The molecule has 0 aromatic heterocycles. The van der Waals surface area contributed by atoms with Gasteiger partial charge in [0.1, 0.15) is 12.1 Å². The zero-order chi connectivity index (χ0) is 31.1. The minimum Gasteiger partial charge on any atom is -0.395 e. The summed E-state index contributed by atoms with van der Waals surface area (Å²) in [5.41, 5.74) is -0.0598. The molecule has 0 aromatic carbocycles. The summed E-state index contributed by atoms with van der Waals surface area (Å²) in [6, 6.07) is -1.71. The number of hydrogen-bond donors (Lipinski definition) is 3. The zero-order valence-corrected chi connectivity index (χ0v) is 26.8. The van der Waals surface area contributed by atoms with E-state index in [1.165, 1.54) is 0 Å². The van der Waals surface area contributed by atoms with Gasteiger partial charge in [-0.1, -0.05) is 47.1 Å². The van der Waals surface area contributed by atoms with E-state index in [4.69, 9.17) is 5.11 Å². The molecule has 2 saturated heterocycles. The maximum atomic E-state index is 14.0. The fourth-order valence-corrected chi connectivity index (χ4v) is 5.98. The van der Waals surface area contributed by atoms with Crippen molar-refractivity contribution in [1.82, 2.24) is 25.3 Å². The first kappa shape index (κ1) is 34.7. The summed E-state index contributed by atoms with van der Waals surface area (Å²) in [6.07, 6.45) is 5.95. The van der Waals surface area contributed by atoms with Gasteiger partial charge in [-0.15, -0.1) is 0 Å². The molecule has 0 bridgehead atoms. The number of aliphatic hydroxyl groups excluding tert-OH is 1. The zero-order valence-electron chi connectivity index (χ0n) is 26.8. The van der Waals surface area contributed by atoms with Crippen LogP contribution in [0.4, 0.5) is 0 Å². The van der Waals surface area contributed by atoms with Gasteiger partial charge < -0.3 is 25.5 Å². The van der Waals surface area contributed by atoms with E-state index in [1.807, 2.05) is 40.7 Å². The van der Waals surface area contributed by atoms with Gasteiger partial charge in [-0.3, -0.25) is 24.1 Å². The van der Waals surface area contributed by atoms with Crippen LogP contribution in [-0.2, 0) is 19.2 Å². The second-order valence-corrected chi connectivity index (χ2v) is 13.4. The summed E-state index contributed by atoms with van der Waals surface area (Å²) in [5.74, 6) is -0.800. The molecule has 0 aromatic rings. The van der Waals surface area contributed by atoms with E-state index >= 15 is 0 Å². The number of carbonyl (C=O) groups excluding carboxylic acids is 4. The number of aliphatic hydroxyl groups is 1. The summed E-state index contributed by atoms with van der Waals surface area (Å²) in [6.45, 7) is 17.1. The maximum Gasteiger partial charge on any atom is 0.249 e. The van der Waals surface area contributed by atoms with Crippen LogP contribution in [0.15, 0.2) is 11.6 Å². The highest BCUT2D eigenvalue weighted by atomic mass is 16.3. The number of piperidine rings is 1. The predicted molar refractivity (Wildman–Crippen MR) is 161 cm³/mol. The van der Waals surface area contributed by atoms with Crippen LogP contribution in [0.1, 0.15) is 87.5 Å². The number of nitrogens with zero attached hydrogens (tertiary/aromatic N) is 3. The van der Waals surface area contributed by atoms with Gasteiger partial charge in [0.15, 0.2) is 0 Å². The first-order valence-electron chi connectivity index (χ1n) is 15.3. The second kappa shape index (κ2) is 15.1. The smallest absolute Gasteiger partial charge is 0.249 e. The van der Waals surface area contributed by atoms with Crippen molar-refractivity contribution in [2.24, 2.45) is 11.3 Å². The largest absolute Gasteiger partial charge is 0.395 e. The Morgan fingerprint density at radius 1 is 0.976 bits per heavy atom. The van der Waals surface area contributed by atoms with Crippen molar-refractivity contribution in [3.8, 4) is 0 Å². The lowest BCUT2D eigenvalue weighted by Crippen LogP contribution is -2.60. The van der Waals surface area contributed by atoms with Crippen LogP contribution in [0, 0.1) is 11.3 Å². The molecule has 3 N–H and O–H groups in total. The average molecular weight is 578 g/mol. The van der Waals surface area contributed by atoms with E-state index in [0.29, 0.717) is 18.5 Å². The molecule has 2 fully saturated rings. The Balaban J connectivity index is 2.25. The van der Waals surface area contributed by atoms with Gasteiger partial charge in [-0.2, -0.15) is 0 Å². The van der Waals surface area contributed by atoms with Crippen molar-refractivity contribution in [3.63, 3.8) is 0 Å². The number of rotatable bonds is 11. The summed E-state index contributed by atoms with van der Waals surface area (Å²) >= 11 is 0. The van der Waals surface area contributed by atoms with Crippen molar-refractivity contribution in [2.75, 3.05) is 33.3 Å². The third kappa shape index (κ3) is 9.01. The molecule has 2 rings (SSSR count). The Hall–Kier alpha value is -2.46. The van der Waals surface area contributed by atoms with E-state index < -0.39 is 17.5 Å². The van der Waals surface area contributed by atoms with Crippen LogP contribution >= 0.6 is 0 Å². The Morgan fingerprint density at radius 2 is 1.61 bits per heavy atom. The molecule has 10 nitrogen and oxygen atoms in total. The Kier molecular flexibility index (Phi) is 12.8. The third-order valence-electron chi connectivity index (χ3n) is 8.37. The van der Waals surface area contributed by atoms with Gasteiger partial charge >= 0.3 is 0 Å². The van der Waals surface area contributed by atoms with Gasteiger partial charge in [0.25, 0.3) is 0 Å². The topological polar surface area (TPSA) is 122 Å². The first-order valence-corrected chi connectivity index (χ1v) is 15.3. The van der Waals surface area contributed by atoms with Crippen molar-refractivity contribution < 1.29 is 24.3 Å². The van der Waals surface area contributed by atoms with Crippen molar-refractivity contribution in [1.29, 1.82) is 0 Å². The molecule has 2 heterocycles. The first-order chi connectivity index (χ1) is 19.1. The normalized spacial score (nSPS) is 22.0. The standard InChI is InChI=1S/C31H55N5O5/c1-20(2)25(19-22(5)29(40)36-17-12-14-23(36)27(38)32-15-18-37)34(9)30(41)26(31(6,7)8)33-28(39)24-13-10-11-16-35(24)21(3)4/h19-21,23-26,37H,10-18H2,1-9H3,(H,32,38)(H,33,39)/b22-19+/t23?,24-,25-,26?/m1/s1. The summed E-state index contributed by atoms with van der Waals surface area (Å²) in [5, 5.41) is 14.8. The highest BCUT2D eigenvalue weighted by molar-refractivity contribution is 5.97. The predicted octanol–water partition coefficient (Wildman–Crippen LogP) is 2.31. The van der Waals surface area contributed by atoms with Crippen molar-refractivity contribution in [3.05, 3.63) is 11.6 Å². The van der Waals surface area contributed by atoms with Crippen LogP contribution in [0.3, 0.4) is 0 Å². The van der Waals surface area contributed by atoms with Crippen LogP contribution < -0.4 is 10.6 Å². The molecule has 4 amide bonds. The molecule has 41 heavy (non-hydrogen) atoms. The van der Waals surface area contributed by atoms with Crippen LogP contribution in [0.25, 0.3) is 0 Å². The van der Waals surface area contributed by atoms with Crippen molar-refractivity contribution in [2.45, 2.75) is 118 Å². The second-order valence-electron chi connectivity index (χ2n) is 13.4. The molecular formula is C31H55N5O5. The van der Waals surface area contributed by atoms with Gasteiger partial charge in [0.2, 0.25) is 23.6 Å². The molecule has 0 radical (unpaired) electrons. The number of likely N-dealkylation sites (N-methyl/N-ethyl adjacent to an activating group) is 1. The van der Waals surface area contributed by atoms with Gasteiger partial charge in [-0.05, 0) is 64.3 Å². The number of amides is 4. The number of nitrogens with one attached hydrogen (secondary N) is 2. The molecule has 0 saturated carbocycles. The monoisotopic (exact) mass is 577 g/mol. The van der Waals surface area contributed by atoms with E-state index in [1.54, 1.807) is 23.8 Å². The molecule has 2 aliphatic rings. The van der Waals surface area contributed by atoms with Crippen LogP contribution in [0.5, 0.6) is 0 Å². The minimum absolute atomic E-state index is 0.0000229. The maximum absolute atomic E-state index is 14.0. The van der Waals surface area contributed by atoms with Gasteiger partial charge in [-0.25, -0.2) is 0 Å². The van der Waals surface area contributed by atoms with E-state index in [9.17, 15) is 19.2 Å². The van der Waals surface area contributed by atoms with E-state index in [2.05, 4.69) is 29.4 Å². The lowest BCUT2D eigenvalue weighted by Gasteiger charge is -2.41. The fraction of sp³-hybridized carbons (Fsp3) is 0.806. The molecule has 234 valence electrons. The van der Waals surface area contributed by atoms with E-state index in [0.717, 1.165) is 32.2 Å². The van der Waals surface area contributed by atoms with Gasteiger partial charge in [0.05, 0.1) is 18.7 Å². The Bertz CT molecular complexity index is 957. The molecule has 0 aliphatic carbocycles. The third-order valence-corrected chi connectivity index (χ3v) is 8.37. The minimum atomic E-state index is -0.736. The number of carbonyl (C=O) groups is 4. The molecule has 10 heteroatoms. The summed E-state index contributed by atoms with van der Waals surface area (Å²) < 4.78 is 0. The highest BCUT2D eigenvalue weighted by Gasteiger charge is 2.40. The number of hydrogen-bond acceptors (Lipinski definition) is 6. The average Bonchev–Trinajstić information content (AvgIpc) is 3.41. The fourth-order valence-electron chi connectivity index (χ4n) is 5.98. The van der Waals surface area contributed by atoms with Crippen molar-refractivity contribution >= 4 is 23.6 Å². The van der Waals surface area contributed by atoms with Crippen LogP contribution in [0.2, 0.25) is 0 Å². The highest BCUT2D eigenvalue weighted by Crippen LogP contribution is 2.26. The van der Waals surface area contributed by atoms with Crippen LogP contribution in [-0.4, -0.2) is 107 Å². The Labute approximate surface area is 247 Å². The molecule has 4 atom stereocenters.